The van der Waals surface area contributed by atoms with Crippen LogP contribution in [0.25, 0.3) is 0 Å². The molecule has 1 atom stereocenters. The van der Waals surface area contributed by atoms with Crippen molar-refractivity contribution in [3.8, 4) is 11.5 Å². The third-order valence-corrected chi connectivity index (χ3v) is 6.84. The first-order valence-electron chi connectivity index (χ1n) is 9.10. The number of likely N-dealkylation sites (tertiary alicyclic amines) is 1. The Kier molecular flexibility index (Phi) is 4.83. The summed E-state index contributed by atoms with van der Waals surface area (Å²) in [6.45, 7) is 5.80. The van der Waals surface area contributed by atoms with E-state index in [2.05, 4.69) is 19.8 Å². The SMILES string of the molecule is Cc1n[nH]c(C)c1S(=O)(=O)NC[C@H](c1ccc2c(c1)OCO2)N1CCCC1. The summed E-state index contributed by atoms with van der Waals surface area (Å²) in [4.78, 5) is 2.54. The highest BCUT2D eigenvalue weighted by Crippen LogP contribution is 2.36. The Bertz CT molecular complexity index is 915. The Morgan fingerprint density at radius 3 is 2.67 bits per heavy atom. The number of benzene rings is 1. The number of aryl methyl sites for hydroxylation is 2. The minimum atomic E-state index is -3.65. The lowest BCUT2D eigenvalue weighted by Crippen LogP contribution is -2.37. The van der Waals surface area contributed by atoms with E-state index in [1.165, 1.54) is 0 Å². The van der Waals surface area contributed by atoms with E-state index in [1.807, 2.05) is 18.2 Å². The van der Waals surface area contributed by atoms with E-state index in [4.69, 9.17) is 9.47 Å². The fourth-order valence-electron chi connectivity index (χ4n) is 3.83. The van der Waals surface area contributed by atoms with E-state index >= 15 is 0 Å². The van der Waals surface area contributed by atoms with Crippen molar-refractivity contribution in [2.75, 3.05) is 26.4 Å². The van der Waals surface area contributed by atoms with Gasteiger partial charge in [0.2, 0.25) is 16.8 Å². The van der Waals surface area contributed by atoms with Gasteiger partial charge >= 0.3 is 0 Å². The highest BCUT2D eigenvalue weighted by Gasteiger charge is 2.29. The topological polar surface area (TPSA) is 96.5 Å². The molecule has 0 saturated carbocycles. The van der Waals surface area contributed by atoms with E-state index in [-0.39, 0.29) is 24.3 Å². The summed E-state index contributed by atoms with van der Waals surface area (Å²) in [7, 11) is -3.65. The van der Waals surface area contributed by atoms with Gasteiger partial charge in [0.05, 0.1) is 11.4 Å². The number of aromatic nitrogens is 2. The average Bonchev–Trinajstić information content (AvgIpc) is 3.36. The number of sulfonamides is 1. The molecule has 1 aromatic heterocycles. The van der Waals surface area contributed by atoms with Gasteiger partial charge in [-0.3, -0.25) is 10.00 Å². The van der Waals surface area contributed by atoms with Gasteiger partial charge in [0.25, 0.3) is 0 Å². The molecule has 0 amide bonds. The summed E-state index contributed by atoms with van der Waals surface area (Å²) < 4.78 is 39.3. The van der Waals surface area contributed by atoms with Gasteiger partial charge in [0.1, 0.15) is 4.90 Å². The molecule has 1 saturated heterocycles. The van der Waals surface area contributed by atoms with E-state index < -0.39 is 10.0 Å². The van der Waals surface area contributed by atoms with E-state index in [1.54, 1.807) is 13.8 Å². The minimum Gasteiger partial charge on any atom is -0.454 e. The Morgan fingerprint density at radius 1 is 1.22 bits per heavy atom. The van der Waals surface area contributed by atoms with Gasteiger partial charge in [-0.1, -0.05) is 6.07 Å². The standard InChI is InChI=1S/C18H24N4O4S/c1-12-18(13(2)21-20-12)27(23,24)19-10-15(22-7-3-4-8-22)14-5-6-16-17(9-14)26-11-25-16/h5-6,9,15,19H,3-4,7-8,10-11H2,1-2H3,(H,20,21)/t15-/m1/s1. The first-order valence-corrected chi connectivity index (χ1v) is 10.6. The van der Waals surface area contributed by atoms with Crippen molar-refractivity contribution in [2.45, 2.75) is 37.6 Å². The van der Waals surface area contributed by atoms with Crippen molar-refractivity contribution in [1.82, 2.24) is 19.8 Å². The number of nitrogens with zero attached hydrogens (tertiary/aromatic N) is 2. The molecule has 0 radical (unpaired) electrons. The molecular weight excluding hydrogens is 368 g/mol. The van der Waals surface area contributed by atoms with Crippen LogP contribution in [0.3, 0.4) is 0 Å². The maximum atomic E-state index is 12.8. The molecule has 2 aliphatic heterocycles. The lowest BCUT2D eigenvalue weighted by atomic mass is 10.1. The predicted molar refractivity (Wildman–Crippen MR) is 99.4 cm³/mol. The molecule has 0 aliphatic carbocycles. The quantitative estimate of drug-likeness (QED) is 0.779. The maximum absolute atomic E-state index is 12.8. The molecule has 146 valence electrons. The first kappa shape index (κ1) is 18.3. The summed E-state index contributed by atoms with van der Waals surface area (Å²) in [5.41, 5.74) is 2.03. The first-order chi connectivity index (χ1) is 13.0. The molecule has 0 unspecified atom stereocenters. The van der Waals surface area contributed by atoms with Crippen molar-refractivity contribution in [3.05, 3.63) is 35.2 Å². The lowest BCUT2D eigenvalue weighted by molar-refractivity contribution is 0.173. The van der Waals surface area contributed by atoms with Crippen LogP contribution in [-0.2, 0) is 10.0 Å². The molecule has 1 aromatic carbocycles. The number of hydrogen-bond donors (Lipinski definition) is 2. The fourth-order valence-corrected chi connectivity index (χ4v) is 5.23. The van der Waals surface area contributed by atoms with E-state index in [0.29, 0.717) is 17.1 Å². The van der Waals surface area contributed by atoms with Gasteiger partial charge in [-0.15, -0.1) is 0 Å². The Hall–Kier alpha value is -2.10. The summed E-state index contributed by atoms with van der Waals surface area (Å²) in [5.74, 6) is 1.44. The molecule has 4 rings (SSSR count). The Morgan fingerprint density at radius 2 is 1.96 bits per heavy atom. The van der Waals surface area contributed by atoms with Gasteiger partial charge in [-0.25, -0.2) is 13.1 Å². The number of fused-ring (bicyclic) bond motifs is 1. The number of aromatic amines is 1. The lowest BCUT2D eigenvalue weighted by Gasteiger charge is -2.28. The molecule has 0 bridgehead atoms. The van der Waals surface area contributed by atoms with Crippen LogP contribution in [0.2, 0.25) is 0 Å². The minimum absolute atomic E-state index is 0.0655. The van der Waals surface area contributed by atoms with Crippen LogP contribution < -0.4 is 14.2 Å². The van der Waals surface area contributed by atoms with Crippen molar-refractivity contribution in [2.24, 2.45) is 0 Å². The smallest absolute Gasteiger partial charge is 0.244 e. The van der Waals surface area contributed by atoms with Crippen LogP contribution in [0.15, 0.2) is 23.1 Å². The largest absolute Gasteiger partial charge is 0.454 e. The molecule has 2 aliphatic rings. The molecule has 0 spiro atoms. The maximum Gasteiger partial charge on any atom is 0.244 e. The van der Waals surface area contributed by atoms with Crippen LogP contribution in [0.5, 0.6) is 11.5 Å². The zero-order valence-corrected chi connectivity index (χ0v) is 16.3. The molecular formula is C18H24N4O4S. The van der Waals surface area contributed by atoms with E-state index in [0.717, 1.165) is 37.2 Å². The normalized spacial score (nSPS) is 18.1. The number of ether oxygens (including phenoxy) is 2. The third-order valence-electron chi connectivity index (χ3n) is 5.16. The summed E-state index contributed by atoms with van der Waals surface area (Å²) in [6, 6.07) is 5.76. The van der Waals surface area contributed by atoms with Crippen molar-refractivity contribution < 1.29 is 17.9 Å². The zero-order valence-electron chi connectivity index (χ0n) is 15.5. The van der Waals surface area contributed by atoms with Crippen molar-refractivity contribution in [1.29, 1.82) is 0 Å². The molecule has 3 heterocycles. The van der Waals surface area contributed by atoms with Crippen LogP contribution in [0.4, 0.5) is 0 Å². The monoisotopic (exact) mass is 392 g/mol. The Balaban J connectivity index is 1.59. The number of rotatable bonds is 6. The van der Waals surface area contributed by atoms with Crippen LogP contribution in [0.1, 0.15) is 35.8 Å². The summed E-state index contributed by atoms with van der Waals surface area (Å²) >= 11 is 0. The Labute approximate surface area is 158 Å². The van der Waals surface area contributed by atoms with Gasteiger partial charge in [0.15, 0.2) is 11.5 Å². The molecule has 2 aromatic rings. The van der Waals surface area contributed by atoms with Crippen LogP contribution in [0, 0.1) is 13.8 Å². The molecule has 9 heteroatoms. The van der Waals surface area contributed by atoms with Gasteiger partial charge < -0.3 is 9.47 Å². The van der Waals surface area contributed by atoms with Gasteiger partial charge in [-0.2, -0.15) is 5.10 Å². The predicted octanol–water partition coefficient (Wildman–Crippen LogP) is 1.87. The zero-order chi connectivity index (χ0) is 19.0. The molecule has 8 nitrogen and oxygen atoms in total. The second kappa shape index (κ2) is 7.14. The highest BCUT2D eigenvalue weighted by molar-refractivity contribution is 7.89. The van der Waals surface area contributed by atoms with Crippen molar-refractivity contribution in [3.63, 3.8) is 0 Å². The van der Waals surface area contributed by atoms with E-state index in [9.17, 15) is 8.42 Å². The molecule has 1 fully saturated rings. The summed E-state index contributed by atoms with van der Waals surface area (Å²) in [6.07, 6.45) is 2.24. The third kappa shape index (κ3) is 3.54. The van der Waals surface area contributed by atoms with Crippen LogP contribution >= 0.6 is 0 Å². The van der Waals surface area contributed by atoms with Gasteiger partial charge in [0, 0.05) is 12.6 Å². The second-order valence-corrected chi connectivity index (χ2v) is 8.69. The second-order valence-electron chi connectivity index (χ2n) is 6.99. The number of nitrogens with one attached hydrogen (secondary N) is 2. The fraction of sp³-hybridized carbons (Fsp3) is 0.500. The average molecular weight is 392 g/mol. The van der Waals surface area contributed by atoms with Crippen molar-refractivity contribution >= 4 is 10.0 Å². The molecule has 27 heavy (non-hydrogen) atoms. The molecule has 2 N–H and O–H groups in total. The summed E-state index contributed by atoms with van der Waals surface area (Å²) in [5, 5.41) is 6.74. The van der Waals surface area contributed by atoms with Gasteiger partial charge in [-0.05, 0) is 57.5 Å². The number of hydrogen-bond acceptors (Lipinski definition) is 6. The van der Waals surface area contributed by atoms with Crippen LogP contribution in [-0.4, -0.2) is 49.9 Å². The highest BCUT2D eigenvalue weighted by atomic mass is 32.2. The number of H-pyrrole nitrogens is 1.